The molecule has 0 unspecified atom stereocenters. The molecule has 0 fully saturated rings. The lowest BCUT2D eigenvalue weighted by Crippen LogP contribution is -2.26. The maximum absolute atomic E-state index is 12.6. The lowest BCUT2D eigenvalue weighted by Gasteiger charge is -2.18. The van der Waals surface area contributed by atoms with E-state index in [9.17, 15) is 9.59 Å². The lowest BCUT2D eigenvalue weighted by atomic mass is 10.0. The van der Waals surface area contributed by atoms with Crippen LogP contribution < -0.4 is 5.32 Å². The highest BCUT2D eigenvalue weighted by Crippen LogP contribution is 2.29. The lowest BCUT2D eigenvalue weighted by molar-refractivity contribution is 0.0975. The van der Waals surface area contributed by atoms with Crippen LogP contribution in [-0.4, -0.2) is 21.5 Å². The number of nitrogens with zero attached hydrogens (tertiary/aromatic N) is 2. The third-order valence-corrected chi connectivity index (χ3v) is 4.18. The fourth-order valence-electron chi connectivity index (χ4n) is 2.22. The van der Waals surface area contributed by atoms with E-state index in [0.717, 1.165) is 16.8 Å². The first kappa shape index (κ1) is 14.6. The first-order chi connectivity index (χ1) is 10.5. The Balaban J connectivity index is 2.07. The Kier molecular flexibility index (Phi) is 3.62. The molecular formula is C16H12BrN3O2. The Morgan fingerprint density at radius 3 is 2.32 bits per heavy atom. The van der Waals surface area contributed by atoms with Crippen molar-refractivity contribution in [2.75, 3.05) is 5.32 Å². The number of rotatable bonds is 2. The zero-order valence-electron chi connectivity index (χ0n) is 12.0. The third-order valence-electron chi connectivity index (χ3n) is 3.43. The quantitative estimate of drug-likeness (QED) is 0.893. The average molecular weight is 358 g/mol. The summed E-state index contributed by atoms with van der Waals surface area (Å²) in [6, 6.07) is 5.86. The predicted octanol–water partition coefficient (Wildman–Crippen LogP) is 3.19. The molecule has 1 aromatic carbocycles. The molecule has 3 rings (SSSR count). The number of aromatic nitrogens is 2. The van der Waals surface area contributed by atoms with Crippen molar-refractivity contribution in [2.24, 2.45) is 0 Å². The van der Waals surface area contributed by atoms with E-state index in [0.29, 0.717) is 0 Å². The number of carbonyl (C=O) groups is 2. The largest absolute Gasteiger partial charge is 0.351 e. The van der Waals surface area contributed by atoms with Crippen molar-refractivity contribution < 1.29 is 9.59 Å². The highest BCUT2D eigenvalue weighted by Gasteiger charge is 2.33. The van der Waals surface area contributed by atoms with Gasteiger partial charge in [-0.2, -0.15) is 0 Å². The van der Waals surface area contributed by atoms with Gasteiger partial charge in [0, 0.05) is 18.1 Å². The molecule has 1 aliphatic rings. The smallest absolute Gasteiger partial charge is 0.231 e. The normalized spacial score (nSPS) is 14.1. The highest BCUT2D eigenvalue weighted by molar-refractivity contribution is 9.12. The van der Waals surface area contributed by atoms with Gasteiger partial charge in [-0.1, -0.05) is 12.1 Å². The van der Waals surface area contributed by atoms with Crippen molar-refractivity contribution in [3.05, 3.63) is 63.3 Å². The molecule has 1 N–H and O–H groups in total. The number of hydrogen-bond acceptors (Lipinski definition) is 5. The molecule has 0 saturated carbocycles. The SMILES string of the molecule is Cc1ccc(C)c(NC2=C(Br)C(=O)c3nccnc3C2=O)c1. The molecule has 0 amide bonds. The Morgan fingerprint density at radius 2 is 1.64 bits per heavy atom. The number of nitrogens with one attached hydrogen (secondary N) is 1. The van der Waals surface area contributed by atoms with E-state index in [4.69, 9.17) is 0 Å². The highest BCUT2D eigenvalue weighted by atomic mass is 79.9. The molecule has 1 aliphatic carbocycles. The summed E-state index contributed by atoms with van der Waals surface area (Å²) >= 11 is 3.21. The van der Waals surface area contributed by atoms with Gasteiger partial charge in [0.25, 0.3) is 0 Å². The summed E-state index contributed by atoms with van der Waals surface area (Å²) in [5.74, 6) is -0.703. The molecule has 1 aromatic heterocycles. The number of anilines is 1. The van der Waals surface area contributed by atoms with E-state index >= 15 is 0 Å². The van der Waals surface area contributed by atoms with Crippen LogP contribution in [0, 0.1) is 13.8 Å². The average Bonchev–Trinajstić information content (AvgIpc) is 2.52. The monoisotopic (exact) mass is 357 g/mol. The van der Waals surface area contributed by atoms with Gasteiger partial charge in [0.05, 0.1) is 4.48 Å². The standard InChI is InChI=1S/C16H12BrN3O2/c1-8-3-4-9(2)10(7-8)20-12-11(17)15(21)13-14(16(12)22)19-6-5-18-13/h3-7,20H,1-2H3. The van der Waals surface area contributed by atoms with E-state index in [1.54, 1.807) is 0 Å². The van der Waals surface area contributed by atoms with Crippen molar-refractivity contribution in [3.63, 3.8) is 0 Å². The van der Waals surface area contributed by atoms with E-state index in [1.165, 1.54) is 12.4 Å². The second-order valence-corrected chi connectivity index (χ2v) is 5.84. The van der Waals surface area contributed by atoms with Gasteiger partial charge < -0.3 is 5.32 Å². The summed E-state index contributed by atoms with van der Waals surface area (Å²) in [6.45, 7) is 3.89. The molecule has 5 nitrogen and oxygen atoms in total. The molecule has 0 aliphatic heterocycles. The minimum Gasteiger partial charge on any atom is -0.351 e. The van der Waals surface area contributed by atoms with E-state index in [1.807, 2.05) is 32.0 Å². The first-order valence-electron chi connectivity index (χ1n) is 6.63. The number of aryl methyl sites for hydroxylation is 2. The predicted molar refractivity (Wildman–Crippen MR) is 86.2 cm³/mol. The maximum Gasteiger partial charge on any atom is 0.231 e. The number of halogens is 1. The summed E-state index contributed by atoms with van der Waals surface area (Å²) in [6.07, 6.45) is 2.80. The van der Waals surface area contributed by atoms with Crippen LogP contribution in [0.2, 0.25) is 0 Å². The van der Waals surface area contributed by atoms with Gasteiger partial charge in [0.2, 0.25) is 11.6 Å². The third kappa shape index (κ3) is 2.35. The number of benzene rings is 1. The van der Waals surface area contributed by atoms with Crippen molar-refractivity contribution in [2.45, 2.75) is 13.8 Å². The van der Waals surface area contributed by atoms with E-state index in [-0.39, 0.29) is 33.1 Å². The van der Waals surface area contributed by atoms with Gasteiger partial charge in [-0.3, -0.25) is 9.59 Å². The van der Waals surface area contributed by atoms with Gasteiger partial charge in [0.15, 0.2) is 0 Å². The maximum atomic E-state index is 12.6. The van der Waals surface area contributed by atoms with E-state index in [2.05, 4.69) is 31.2 Å². The van der Waals surface area contributed by atoms with Crippen LogP contribution in [0.4, 0.5) is 5.69 Å². The number of ketones is 2. The molecule has 6 heteroatoms. The van der Waals surface area contributed by atoms with Crippen LogP contribution in [0.15, 0.2) is 40.8 Å². The van der Waals surface area contributed by atoms with E-state index < -0.39 is 0 Å². The second kappa shape index (κ2) is 5.46. The fourth-order valence-corrected chi connectivity index (χ4v) is 2.69. The molecule has 2 aromatic rings. The van der Waals surface area contributed by atoms with Crippen LogP contribution in [0.1, 0.15) is 32.1 Å². The van der Waals surface area contributed by atoms with Gasteiger partial charge in [-0.25, -0.2) is 9.97 Å². The zero-order chi connectivity index (χ0) is 15.9. The number of carbonyl (C=O) groups excluding carboxylic acids is 2. The molecule has 1 heterocycles. The van der Waals surface area contributed by atoms with Gasteiger partial charge in [-0.05, 0) is 47.0 Å². The van der Waals surface area contributed by atoms with Crippen molar-refractivity contribution in [1.82, 2.24) is 9.97 Å². The summed E-state index contributed by atoms with van der Waals surface area (Å²) in [4.78, 5) is 32.8. The number of Topliss-reactive ketones (excluding diaryl/α,β-unsaturated/α-hetero) is 2. The number of hydrogen-bond donors (Lipinski definition) is 1. The molecule has 0 saturated heterocycles. The van der Waals surface area contributed by atoms with Crippen LogP contribution in [0.25, 0.3) is 0 Å². The molecule has 0 bridgehead atoms. The van der Waals surface area contributed by atoms with Crippen molar-refractivity contribution in [3.8, 4) is 0 Å². The number of fused-ring (bicyclic) bond motifs is 1. The Morgan fingerprint density at radius 1 is 1.00 bits per heavy atom. The molecule has 0 spiro atoms. The fraction of sp³-hybridized carbons (Fsp3) is 0.125. The summed E-state index contributed by atoms with van der Waals surface area (Å²) in [5, 5.41) is 3.06. The summed E-state index contributed by atoms with van der Waals surface area (Å²) in [7, 11) is 0. The van der Waals surface area contributed by atoms with Crippen LogP contribution in [0.5, 0.6) is 0 Å². The first-order valence-corrected chi connectivity index (χ1v) is 7.43. The van der Waals surface area contributed by atoms with Gasteiger partial charge in [-0.15, -0.1) is 0 Å². The molecule has 110 valence electrons. The van der Waals surface area contributed by atoms with Gasteiger partial charge >= 0.3 is 0 Å². The summed E-state index contributed by atoms with van der Waals surface area (Å²) in [5.41, 5.74) is 3.14. The van der Waals surface area contributed by atoms with Crippen molar-refractivity contribution in [1.29, 1.82) is 0 Å². The minimum absolute atomic E-state index is 0.0727. The van der Waals surface area contributed by atoms with Crippen molar-refractivity contribution >= 4 is 33.2 Å². The van der Waals surface area contributed by atoms with Crippen LogP contribution in [-0.2, 0) is 0 Å². The van der Waals surface area contributed by atoms with Gasteiger partial charge in [0.1, 0.15) is 17.1 Å². The molecular weight excluding hydrogens is 346 g/mol. The molecule has 22 heavy (non-hydrogen) atoms. The molecule has 0 radical (unpaired) electrons. The number of allylic oxidation sites excluding steroid dienone is 2. The Labute approximate surface area is 135 Å². The molecule has 0 atom stereocenters. The topological polar surface area (TPSA) is 72.0 Å². The van der Waals surface area contributed by atoms with Crippen LogP contribution in [0.3, 0.4) is 0 Å². The minimum atomic E-state index is -0.351. The zero-order valence-corrected chi connectivity index (χ0v) is 13.6. The Hall–Kier alpha value is -2.34. The second-order valence-electron chi connectivity index (χ2n) is 5.04. The van der Waals surface area contributed by atoms with Crippen LogP contribution >= 0.6 is 15.9 Å². The Bertz CT molecular complexity index is 843. The summed E-state index contributed by atoms with van der Waals surface area (Å²) < 4.78 is 0.173.